The van der Waals surface area contributed by atoms with Crippen molar-refractivity contribution in [3.05, 3.63) is 35.9 Å². The van der Waals surface area contributed by atoms with Gasteiger partial charge >= 0.3 is 0 Å². The van der Waals surface area contributed by atoms with Crippen LogP contribution in [0.5, 0.6) is 0 Å². The molecule has 1 aromatic carbocycles. The van der Waals surface area contributed by atoms with Crippen LogP contribution < -0.4 is 5.73 Å². The van der Waals surface area contributed by atoms with Crippen LogP contribution in [0, 0.1) is 0 Å². The second kappa shape index (κ2) is 4.42. The van der Waals surface area contributed by atoms with Crippen molar-refractivity contribution < 1.29 is 4.84 Å². The SMILES string of the molecule is CCN1OC(CN)=NC1c1ccccc1. The van der Waals surface area contributed by atoms with Gasteiger partial charge in [0.2, 0.25) is 5.90 Å². The molecule has 15 heavy (non-hydrogen) atoms. The van der Waals surface area contributed by atoms with Crippen LogP contribution in [0.4, 0.5) is 0 Å². The van der Waals surface area contributed by atoms with Crippen molar-refractivity contribution in [3.8, 4) is 0 Å². The van der Waals surface area contributed by atoms with Crippen molar-refractivity contribution >= 4 is 5.90 Å². The second-order valence-electron chi connectivity index (χ2n) is 3.34. The lowest BCUT2D eigenvalue weighted by molar-refractivity contribution is -0.0807. The van der Waals surface area contributed by atoms with Gasteiger partial charge in [0.05, 0.1) is 6.54 Å². The molecule has 4 nitrogen and oxygen atoms in total. The first-order valence-corrected chi connectivity index (χ1v) is 5.11. The molecule has 2 N–H and O–H groups in total. The van der Waals surface area contributed by atoms with Crippen molar-refractivity contribution in [2.45, 2.75) is 13.1 Å². The summed E-state index contributed by atoms with van der Waals surface area (Å²) in [6, 6.07) is 10.1. The monoisotopic (exact) mass is 205 g/mol. The van der Waals surface area contributed by atoms with E-state index in [1.165, 1.54) is 0 Å². The molecule has 0 aliphatic carbocycles. The van der Waals surface area contributed by atoms with Gasteiger partial charge in [-0.15, -0.1) is 5.06 Å². The highest BCUT2D eigenvalue weighted by molar-refractivity contribution is 5.79. The summed E-state index contributed by atoms with van der Waals surface area (Å²) in [7, 11) is 0. The Labute approximate surface area is 89.3 Å². The van der Waals surface area contributed by atoms with E-state index in [1.807, 2.05) is 42.3 Å². The summed E-state index contributed by atoms with van der Waals surface area (Å²) in [5.41, 5.74) is 6.64. The Morgan fingerprint density at radius 1 is 1.40 bits per heavy atom. The first kappa shape index (κ1) is 10.1. The summed E-state index contributed by atoms with van der Waals surface area (Å²) in [5, 5.41) is 1.83. The molecule has 4 heteroatoms. The van der Waals surface area contributed by atoms with E-state index >= 15 is 0 Å². The highest BCUT2D eigenvalue weighted by atomic mass is 16.7. The summed E-state index contributed by atoms with van der Waals surface area (Å²) < 4.78 is 0. The maximum Gasteiger partial charge on any atom is 0.225 e. The van der Waals surface area contributed by atoms with E-state index in [0.717, 1.165) is 12.1 Å². The number of rotatable bonds is 3. The van der Waals surface area contributed by atoms with E-state index in [0.29, 0.717) is 12.4 Å². The van der Waals surface area contributed by atoms with Gasteiger partial charge in [-0.25, -0.2) is 4.99 Å². The molecule has 0 radical (unpaired) electrons. The number of nitrogens with zero attached hydrogens (tertiary/aromatic N) is 2. The molecule has 1 aromatic rings. The lowest BCUT2D eigenvalue weighted by atomic mass is 10.2. The maximum absolute atomic E-state index is 5.51. The van der Waals surface area contributed by atoms with Crippen molar-refractivity contribution in [2.24, 2.45) is 10.7 Å². The molecule has 1 atom stereocenters. The van der Waals surface area contributed by atoms with Gasteiger partial charge in [0.15, 0.2) is 6.17 Å². The molecule has 1 unspecified atom stereocenters. The van der Waals surface area contributed by atoms with Gasteiger partial charge in [-0.1, -0.05) is 30.3 Å². The quantitative estimate of drug-likeness (QED) is 0.809. The molecule has 0 saturated heterocycles. The maximum atomic E-state index is 5.51. The largest absolute Gasteiger partial charge is 0.387 e. The fourth-order valence-corrected chi connectivity index (χ4v) is 1.60. The summed E-state index contributed by atoms with van der Waals surface area (Å²) in [4.78, 5) is 9.91. The average Bonchev–Trinajstić information content (AvgIpc) is 2.73. The Morgan fingerprint density at radius 3 is 2.73 bits per heavy atom. The predicted octanol–water partition coefficient (Wildman–Crippen LogP) is 1.31. The van der Waals surface area contributed by atoms with Gasteiger partial charge in [0.1, 0.15) is 0 Å². The number of aliphatic imine (C=N–C) groups is 1. The van der Waals surface area contributed by atoms with Crippen LogP contribution in [0.25, 0.3) is 0 Å². The van der Waals surface area contributed by atoms with E-state index in [9.17, 15) is 0 Å². The van der Waals surface area contributed by atoms with Crippen molar-refractivity contribution in [2.75, 3.05) is 13.1 Å². The molecule has 80 valence electrons. The molecule has 1 aliphatic heterocycles. The number of nitrogens with two attached hydrogens (primary N) is 1. The first-order chi connectivity index (χ1) is 7.35. The minimum Gasteiger partial charge on any atom is -0.387 e. The molecule has 0 fully saturated rings. The van der Waals surface area contributed by atoms with Crippen LogP contribution in [0.15, 0.2) is 35.3 Å². The van der Waals surface area contributed by atoms with Gasteiger partial charge in [-0.3, -0.25) is 0 Å². The third kappa shape index (κ3) is 2.00. The zero-order chi connectivity index (χ0) is 10.7. The number of hydrogen-bond donors (Lipinski definition) is 1. The van der Waals surface area contributed by atoms with Crippen LogP contribution in [0.2, 0.25) is 0 Å². The molecule has 0 spiro atoms. The van der Waals surface area contributed by atoms with E-state index < -0.39 is 0 Å². The first-order valence-electron chi connectivity index (χ1n) is 5.11. The summed E-state index contributed by atoms with van der Waals surface area (Å²) in [6.45, 7) is 3.16. The van der Waals surface area contributed by atoms with E-state index in [4.69, 9.17) is 10.6 Å². The smallest absolute Gasteiger partial charge is 0.225 e. The number of hydrogen-bond acceptors (Lipinski definition) is 4. The minimum absolute atomic E-state index is 0.0465. The fraction of sp³-hybridized carbons (Fsp3) is 0.364. The molecule has 0 aromatic heterocycles. The third-order valence-corrected chi connectivity index (χ3v) is 2.35. The van der Waals surface area contributed by atoms with Crippen molar-refractivity contribution in [1.82, 2.24) is 5.06 Å². The normalized spacial score (nSPS) is 21.2. The van der Waals surface area contributed by atoms with Gasteiger partial charge in [-0.2, -0.15) is 0 Å². The van der Waals surface area contributed by atoms with Gasteiger partial charge in [0, 0.05) is 6.54 Å². The lowest BCUT2D eigenvalue weighted by Gasteiger charge is -2.19. The van der Waals surface area contributed by atoms with Gasteiger partial charge in [0.25, 0.3) is 0 Å². The Kier molecular flexibility index (Phi) is 2.99. The summed E-state index contributed by atoms with van der Waals surface area (Å²) >= 11 is 0. The number of hydroxylamine groups is 2. The highest BCUT2D eigenvalue weighted by Crippen LogP contribution is 2.26. The average molecular weight is 205 g/mol. The molecule has 0 bridgehead atoms. The van der Waals surface area contributed by atoms with Crippen molar-refractivity contribution in [1.29, 1.82) is 0 Å². The van der Waals surface area contributed by atoms with E-state index in [1.54, 1.807) is 0 Å². The Morgan fingerprint density at radius 2 is 2.13 bits per heavy atom. The predicted molar refractivity (Wildman–Crippen MR) is 59.1 cm³/mol. The standard InChI is InChI=1S/C11H15N3O/c1-2-14-11(13-10(8-12)15-14)9-6-4-3-5-7-9/h3-7,11H,2,8,12H2,1H3. The van der Waals surface area contributed by atoms with Crippen LogP contribution in [-0.4, -0.2) is 24.1 Å². The highest BCUT2D eigenvalue weighted by Gasteiger charge is 2.27. The van der Waals surface area contributed by atoms with Crippen LogP contribution >= 0.6 is 0 Å². The summed E-state index contributed by atoms with van der Waals surface area (Å²) in [6.07, 6.45) is -0.0465. The van der Waals surface area contributed by atoms with Crippen LogP contribution in [0.1, 0.15) is 18.7 Å². The van der Waals surface area contributed by atoms with E-state index in [2.05, 4.69) is 4.99 Å². The van der Waals surface area contributed by atoms with Gasteiger partial charge < -0.3 is 10.6 Å². The van der Waals surface area contributed by atoms with Crippen molar-refractivity contribution in [3.63, 3.8) is 0 Å². The minimum atomic E-state index is -0.0465. The molecule has 1 aliphatic rings. The molecule has 0 saturated carbocycles. The van der Waals surface area contributed by atoms with Crippen LogP contribution in [0.3, 0.4) is 0 Å². The number of benzene rings is 1. The van der Waals surface area contributed by atoms with E-state index in [-0.39, 0.29) is 6.17 Å². The lowest BCUT2D eigenvalue weighted by Crippen LogP contribution is -2.25. The Balaban J connectivity index is 2.24. The molecule has 1 heterocycles. The third-order valence-electron chi connectivity index (χ3n) is 2.35. The molecular formula is C11H15N3O. The second-order valence-corrected chi connectivity index (χ2v) is 3.34. The topological polar surface area (TPSA) is 50.9 Å². The molecule has 2 rings (SSSR count). The van der Waals surface area contributed by atoms with Gasteiger partial charge in [-0.05, 0) is 12.5 Å². The van der Waals surface area contributed by atoms with Crippen LogP contribution in [-0.2, 0) is 4.84 Å². The fourth-order valence-electron chi connectivity index (χ4n) is 1.60. The Bertz CT molecular complexity index is 350. The molecule has 0 amide bonds. The Hall–Kier alpha value is -1.39. The summed E-state index contributed by atoms with van der Waals surface area (Å²) in [5.74, 6) is 0.603. The zero-order valence-electron chi connectivity index (χ0n) is 8.76. The zero-order valence-corrected chi connectivity index (χ0v) is 8.76. The molecular weight excluding hydrogens is 190 g/mol.